The molecule has 0 aliphatic heterocycles. The second kappa shape index (κ2) is 6.83. The summed E-state index contributed by atoms with van der Waals surface area (Å²) in [5, 5.41) is 5.80. The van der Waals surface area contributed by atoms with Gasteiger partial charge < -0.3 is 5.01 Å². The second-order valence-electron chi connectivity index (χ2n) is 2.93. The van der Waals surface area contributed by atoms with E-state index >= 15 is 0 Å². The molecule has 12 heavy (non-hydrogen) atoms. The van der Waals surface area contributed by atoms with Gasteiger partial charge in [-0.15, -0.1) is 0 Å². The molecule has 0 fully saturated rings. The minimum absolute atomic E-state index is 0.341. The SMILES string of the molecule is CCC(=O)CCC/C=N/N(C)C. The van der Waals surface area contributed by atoms with Crippen molar-refractivity contribution in [2.75, 3.05) is 14.1 Å². The van der Waals surface area contributed by atoms with Gasteiger partial charge >= 0.3 is 0 Å². The zero-order chi connectivity index (χ0) is 9.40. The van der Waals surface area contributed by atoms with Gasteiger partial charge in [0.25, 0.3) is 0 Å². The van der Waals surface area contributed by atoms with Crippen LogP contribution in [0.15, 0.2) is 5.10 Å². The molecule has 0 saturated carbocycles. The zero-order valence-electron chi connectivity index (χ0n) is 8.21. The van der Waals surface area contributed by atoms with Crippen molar-refractivity contribution in [3.05, 3.63) is 0 Å². The molecule has 3 nitrogen and oxygen atoms in total. The van der Waals surface area contributed by atoms with Gasteiger partial charge in [-0.2, -0.15) is 5.10 Å². The number of hydrazone groups is 1. The molecule has 3 heteroatoms. The third kappa shape index (κ3) is 7.25. The molecule has 0 radical (unpaired) electrons. The Balaban J connectivity index is 3.27. The van der Waals surface area contributed by atoms with Crippen LogP contribution in [0.4, 0.5) is 0 Å². The molecule has 0 aromatic carbocycles. The van der Waals surface area contributed by atoms with Crippen LogP contribution < -0.4 is 0 Å². The van der Waals surface area contributed by atoms with Crippen LogP contribution in [0.3, 0.4) is 0 Å². The van der Waals surface area contributed by atoms with E-state index in [1.165, 1.54) is 0 Å². The van der Waals surface area contributed by atoms with Gasteiger partial charge in [0.1, 0.15) is 5.78 Å². The molecule has 0 saturated heterocycles. The molecule has 0 amide bonds. The van der Waals surface area contributed by atoms with Crippen molar-refractivity contribution in [3.63, 3.8) is 0 Å². The van der Waals surface area contributed by atoms with Crippen LogP contribution in [0.2, 0.25) is 0 Å². The minimum atomic E-state index is 0.341. The van der Waals surface area contributed by atoms with Gasteiger partial charge in [0.05, 0.1) is 0 Å². The summed E-state index contributed by atoms with van der Waals surface area (Å²) in [7, 11) is 3.77. The van der Waals surface area contributed by atoms with E-state index < -0.39 is 0 Å². The lowest BCUT2D eigenvalue weighted by Crippen LogP contribution is -2.01. The Bertz CT molecular complexity index is 153. The first-order valence-electron chi connectivity index (χ1n) is 4.38. The van der Waals surface area contributed by atoms with Crippen molar-refractivity contribution in [3.8, 4) is 0 Å². The molecule has 0 heterocycles. The van der Waals surface area contributed by atoms with Gasteiger partial charge in [0.2, 0.25) is 0 Å². The molecule has 0 atom stereocenters. The number of Topliss-reactive ketones (excluding diaryl/α,β-unsaturated/α-hetero) is 1. The fourth-order valence-corrected chi connectivity index (χ4v) is 0.788. The van der Waals surface area contributed by atoms with Gasteiger partial charge in [-0.1, -0.05) is 6.92 Å². The van der Waals surface area contributed by atoms with Gasteiger partial charge in [-0.3, -0.25) is 4.79 Å². The molecule has 0 rings (SSSR count). The predicted molar refractivity (Wildman–Crippen MR) is 51.3 cm³/mol. The Morgan fingerprint density at radius 3 is 2.67 bits per heavy atom. The quantitative estimate of drug-likeness (QED) is 0.345. The highest BCUT2D eigenvalue weighted by Gasteiger charge is 1.95. The number of hydrogen-bond acceptors (Lipinski definition) is 3. The lowest BCUT2D eigenvalue weighted by molar-refractivity contribution is -0.118. The number of rotatable bonds is 6. The van der Waals surface area contributed by atoms with Crippen molar-refractivity contribution < 1.29 is 4.79 Å². The van der Waals surface area contributed by atoms with Crippen LogP contribution in [0, 0.1) is 0 Å². The van der Waals surface area contributed by atoms with Crippen molar-refractivity contribution >= 4 is 12.0 Å². The number of nitrogens with zero attached hydrogens (tertiary/aromatic N) is 2. The number of ketones is 1. The van der Waals surface area contributed by atoms with Crippen molar-refractivity contribution in [1.82, 2.24) is 5.01 Å². The van der Waals surface area contributed by atoms with Crippen LogP contribution in [0.1, 0.15) is 32.6 Å². The summed E-state index contributed by atoms with van der Waals surface area (Å²) in [5.41, 5.74) is 0. The topological polar surface area (TPSA) is 32.7 Å². The van der Waals surface area contributed by atoms with E-state index in [9.17, 15) is 4.79 Å². The van der Waals surface area contributed by atoms with Gasteiger partial charge in [0, 0.05) is 33.2 Å². The third-order valence-corrected chi connectivity index (χ3v) is 1.50. The van der Waals surface area contributed by atoms with Crippen LogP contribution in [-0.4, -0.2) is 31.1 Å². The Labute approximate surface area is 74.4 Å². The average molecular weight is 170 g/mol. The van der Waals surface area contributed by atoms with E-state index in [4.69, 9.17) is 0 Å². The molecule has 0 aromatic rings. The van der Waals surface area contributed by atoms with Crippen molar-refractivity contribution in [2.45, 2.75) is 32.6 Å². The maximum absolute atomic E-state index is 10.9. The monoisotopic (exact) mass is 170 g/mol. The summed E-state index contributed by atoms with van der Waals surface area (Å²) in [6, 6.07) is 0. The third-order valence-electron chi connectivity index (χ3n) is 1.50. The summed E-state index contributed by atoms with van der Waals surface area (Å²) in [4.78, 5) is 10.9. The molecular formula is C9H18N2O. The lowest BCUT2D eigenvalue weighted by atomic mass is 10.1. The maximum Gasteiger partial charge on any atom is 0.132 e. The number of unbranched alkanes of at least 4 members (excludes halogenated alkanes) is 1. The van der Waals surface area contributed by atoms with Crippen LogP contribution in [0.25, 0.3) is 0 Å². The number of carbonyl (C=O) groups excluding carboxylic acids is 1. The smallest absolute Gasteiger partial charge is 0.132 e. The molecule has 0 aliphatic carbocycles. The van der Waals surface area contributed by atoms with Gasteiger partial charge in [0.15, 0.2) is 0 Å². The minimum Gasteiger partial charge on any atom is -0.303 e. The summed E-state index contributed by atoms with van der Waals surface area (Å²) in [6.45, 7) is 1.90. The van der Waals surface area contributed by atoms with E-state index in [-0.39, 0.29) is 0 Å². The largest absolute Gasteiger partial charge is 0.303 e. The highest BCUT2D eigenvalue weighted by Crippen LogP contribution is 1.96. The first-order chi connectivity index (χ1) is 5.66. The van der Waals surface area contributed by atoms with E-state index in [1.807, 2.05) is 27.2 Å². The maximum atomic E-state index is 10.9. The van der Waals surface area contributed by atoms with Crippen molar-refractivity contribution in [2.24, 2.45) is 5.10 Å². The normalized spacial score (nSPS) is 10.6. The summed E-state index contributed by atoms with van der Waals surface area (Å²) < 4.78 is 0. The standard InChI is InChI=1S/C9H18N2O/c1-4-9(12)7-5-6-8-10-11(2)3/h8H,4-7H2,1-3H3/b10-8+. The van der Waals surface area contributed by atoms with E-state index in [0.29, 0.717) is 18.6 Å². The fraction of sp³-hybridized carbons (Fsp3) is 0.778. The van der Waals surface area contributed by atoms with E-state index in [0.717, 1.165) is 12.8 Å². The molecule has 0 spiro atoms. The lowest BCUT2D eigenvalue weighted by Gasteiger charge is -2.01. The Morgan fingerprint density at radius 1 is 1.50 bits per heavy atom. The van der Waals surface area contributed by atoms with E-state index in [2.05, 4.69) is 5.10 Å². The van der Waals surface area contributed by atoms with Crippen LogP contribution in [0.5, 0.6) is 0 Å². The first-order valence-corrected chi connectivity index (χ1v) is 4.38. The molecule has 0 N–H and O–H groups in total. The molecule has 0 aromatic heterocycles. The Hall–Kier alpha value is -0.860. The molecule has 70 valence electrons. The van der Waals surface area contributed by atoms with Crippen molar-refractivity contribution in [1.29, 1.82) is 0 Å². The van der Waals surface area contributed by atoms with Crippen LogP contribution in [-0.2, 0) is 4.79 Å². The highest BCUT2D eigenvalue weighted by atomic mass is 16.1. The fourth-order valence-electron chi connectivity index (χ4n) is 0.788. The number of hydrogen-bond donors (Lipinski definition) is 0. The molecule has 0 aliphatic rings. The summed E-state index contributed by atoms with van der Waals surface area (Å²) in [6.07, 6.45) is 5.01. The van der Waals surface area contributed by atoms with E-state index in [1.54, 1.807) is 5.01 Å². The summed E-state index contributed by atoms with van der Waals surface area (Å²) in [5.74, 6) is 0.341. The Morgan fingerprint density at radius 2 is 2.17 bits per heavy atom. The predicted octanol–water partition coefficient (Wildman–Crippen LogP) is 1.68. The average Bonchev–Trinajstić information content (AvgIpc) is 2.03. The van der Waals surface area contributed by atoms with Crippen LogP contribution >= 0.6 is 0 Å². The number of carbonyl (C=O) groups is 1. The van der Waals surface area contributed by atoms with Gasteiger partial charge in [-0.25, -0.2) is 0 Å². The molecule has 0 unspecified atom stereocenters. The molecule has 0 bridgehead atoms. The summed E-state index contributed by atoms with van der Waals surface area (Å²) >= 11 is 0. The first kappa shape index (κ1) is 11.1. The highest BCUT2D eigenvalue weighted by molar-refractivity contribution is 5.78. The zero-order valence-corrected chi connectivity index (χ0v) is 8.21. The Kier molecular flexibility index (Phi) is 6.34. The molecular weight excluding hydrogens is 152 g/mol. The second-order valence-corrected chi connectivity index (χ2v) is 2.93. The van der Waals surface area contributed by atoms with Gasteiger partial charge in [-0.05, 0) is 12.8 Å².